The summed E-state index contributed by atoms with van der Waals surface area (Å²) in [6.07, 6.45) is 4.63. The highest BCUT2D eigenvalue weighted by Crippen LogP contribution is 2.52. The molecule has 0 radical (unpaired) electrons. The van der Waals surface area contributed by atoms with Crippen molar-refractivity contribution in [2.45, 2.75) is 82.3 Å². The van der Waals surface area contributed by atoms with Gasteiger partial charge in [-0.1, -0.05) is 0 Å². The number of nitrogens with zero attached hydrogens (tertiary/aromatic N) is 2. The molecule has 2 N–H and O–H groups in total. The average Bonchev–Trinajstić information content (AvgIpc) is 3.17. The van der Waals surface area contributed by atoms with Gasteiger partial charge in [-0.3, -0.25) is 14.6 Å². The molecule has 4 unspecified atom stereocenters. The first-order valence-corrected chi connectivity index (χ1v) is 10.5. The monoisotopic (exact) mass is 364 g/mol. The van der Waals surface area contributed by atoms with Crippen LogP contribution < -0.4 is 10.6 Å². The van der Waals surface area contributed by atoms with Gasteiger partial charge in [-0.05, 0) is 52.4 Å². The Morgan fingerprint density at radius 3 is 2.81 bits per heavy atom. The van der Waals surface area contributed by atoms with E-state index < -0.39 is 0 Å². The summed E-state index contributed by atoms with van der Waals surface area (Å²) in [5, 5.41) is 6.70. The van der Waals surface area contributed by atoms with Crippen molar-refractivity contribution in [1.29, 1.82) is 0 Å². The lowest BCUT2D eigenvalue weighted by atomic mass is 9.72. The third-order valence-electron chi connectivity index (χ3n) is 7.40. The minimum absolute atomic E-state index is 0.216. The van der Waals surface area contributed by atoms with Crippen LogP contribution in [-0.2, 0) is 9.53 Å². The quantitative estimate of drug-likeness (QED) is 0.756. The Kier molecular flexibility index (Phi) is 5.05. The molecule has 0 aromatic carbocycles. The Morgan fingerprint density at radius 1 is 1.35 bits per heavy atom. The highest BCUT2D eigenvalue weighted by Gasteiger charge is 2.61. The zero-order valence-electron chi connectivity index (χ0n) is 16.8. The third kappa shape index (κ3) is 2.99. The van der Waals surface area contributed by atoms with Crippen LogP contribution in [0, 0.1) is 5.92 Å². The summed E-state index contributed by atoms with van der Waals surface area (Å²) in [4.78, 5) is 17.6. The molecule has 5 aliphatic rings. The Morgan fingerprint density at radius 2 is 2.12 bits per heavy atom. The van der Waals surface area contributed by atoms with Gasteiger partial charge < -0.3 is 15.4 Å². The van der Waals surface area contributed by atoms with Crippen LogP contribution in [0.1, 0.15) is 46.5 Å². The number of likely N-dealkylation sites (N-methyl/N-ethyl adjacent to an activating group) is 1. The lowest BCUT2D eigenvalue weighted by molar-refractivity contribution is -0.135. The Balaban J connectivity index is 1.36. The number of carbonyl (C=O) groups excluding carboxylic acids is 1. The number of piperidine rings is 1. The molecule has 5 fully saturated rings. The first kappa shape index (κ1) is 18.7. The molecule has 0 spiro atoms. The van der Waals surface area contributed by atoms with Crippen LogP contribution >= 0.6 is 0 Å². The second-order valence-corrected chi connectivity index (χ2v) is 9.27. The Labute approximate surface area is 158 Å². The van der Waals surface area contributed by atoms with Gasteiger partial charge >= 0.3 is 0 Å². The molecule has 4 saturated heterocycles. The predicted octanol–water partition coefficient (Wildman–Crippen LogP) is 0.815. The Bertz CT molecular complexity index is 534. The van der Waals surface area contributed by atoms with Crippen LogP contribution in [0.25, 0.3) is 0 Å². The van der Waals surface area contributed by atoms with Gasteiger partial charge in [0.15, 0.2) is 0 Å². The molecule has 0 aromatic heterocycles. The summed E-state index contributed by atoms with van der Waals surface area (Å²) in [7, 11) is 1.77. The van der Waals surface area contributed by atoms with Crippen LogP contribution in [0.3, 0.4) is 0 Å². The third-order valence-corrected chi connectivity index (χ3v) is 7.40. The maximum absolute atomic E-state index is 12.5. The second kappa shape index (κ2) is 7.04. The van der Waals surface area contributed by atoms with Crippen LogP contribution in [0.5, 0.6) is 0 Å². The topological polar surface area (TPSA) is 56.8 Å². The molecule has 4 heterocycles. The lowest BCUT2D eigenvalue weighted by Gasteiger charge is -2.49. The van der Waals surface area contributed by atoms with Crippen molar-refractivity contribution in [3.63, 3.8) is 0 Å². The number of nitrogens with one attached hydrogen (secondary N) is 2. The van der Waals surface area contributed by atoms with E-state index in [4.69, 9.17) is 4.74 Å². The summed E-state index contributed by atoms with van der Waals surface area (Å²) >= 11 is 0. The molecule has 1 amide bonds. The molecule has 148 valence electrons. The fourth-order valence-electron chi connectivity index (χ4n) is 6.15. The van der Waals surface area contributed by atoms with Crippen molar-refractivity contribution in [2.75, 3.05) is 33.3 Å². The number of carbonyl (C=O) groups is 1. The SMILES string of the molecule is CNC(=O)C12CC(CN1C(C)CC1CC3OCCN(C(C)C)C3CN1)C2. The molecule has 1 aliphatic carbocycles. The minimum atomic E-state index is -0.216. The van der Waals surface area contributed by atoms with Crippen LogP contribution in [-0.4, -0.2) is 84.8 Å². The highest BCUT2D eigenvalue weighted by atomic mass is 16.5. The summed E-state index contributed by atoms with van der Waals surface area (Å²) in [6.45, 7) is 10.9. The molecule has 2 bridgehead atoms. The van der Waals surface area contributed by atoms with Gasteiger partial charge in [0.2, 0.25) is 5.91 Å². The van der Waals surface area contributed by atoms with Gasteiger partial charge in [0.25, 0.3) is 0 Å². The second-order valence-electron chi connectivity index (χ2n) is 9.27. The number of hydrogen-bond donors (Lipinski definition) is 2. The summed E-state index contributed by atoms with van der Waals surface area (Å²) in [6, 6.07) is 2.00. The van der Waals surface area contributed by atoms with E-state index in [0.29, 0.717) is 30.3 Å². The minimum Gasteiger partial charge on any atom is -0.375 e. The first-order valence-electron chi connectivity index (χ1n) is 10.5. The van der Waals surface area contributed by atoms with E-state index in [0.717, 1.165) is 57.8 Å². The molecular weight excluding hydrogens is 328 g/mol. The number of ether oxygens (including phenoxy) is 1. The number of fused-ring (bicyclic) bond motifs is 2. The van der Waals surface area contributed by atoms with Crippen molar-refractivity contribution in [1.82, 2.24) is 20.4 Å². The highest BCUT2D eigenvalue weighted by molar-refractivity contribution is 5.88. The van der Waals surface area contributed by atoms with Crippen molar-refractivity contribution in [3.05, 3.63) is 0 Å². The van der Waals surface area contributed by atoms with E-state index in [1.165, 1.54) is 0 Å². The normalized spacial score (nSPS) is 41.6. The molecular formula is C20H36N4O2. The smallest absolute Gasteiger partial charge is 0.240 e. The fraction of sp³-hybridized carbons (Fsp3) is 0.950. The van der Waals surface area contributed by atoms with E-state index in [9.17, 15) is 4.79 Å². The maximum atomic E-state index is 12.5. The molecule has 1 saturated carbocycles. The zero-order valence-corrected chi connectivity index (χ0v) is 16.8. The van der Waals surface area contributed by atoms with E-state index in [1.807, 2.05) is 0 Å². The zero-order chi connectivity index (χ0) is 18.5. The van der Waals surface area contributed by atoms with Gasteiger partial charge in [-0.15, -0.1) is 0 Å². The molecule has 0 aromatic rings. The summed E-state index contributed by atoms with van der Waals surface area (Å²) in [5.74, 6) is 0.942. The van der Waals surface area contributed by atoms with Crippen molar-refractivity contribution >= 4 is 5.91 Å². The van der Waals surface area contributed by atoms with E-state index in [1.54, 1.807) is 7.05 Å². The van der Waals surface area contributed by atoms with Gasteiger partial charge in [0, 0.05) is 50.8 Å². The van der Waals surface area contributed by atoms with Crippen molar-refractivity contribution < 1.29 is 9.53 Å². The lowest BCUT2D eigenvalue weighted by Crippen LogP contribution is -2.64. The standard InChI is InChI=1S/C20H36N4O2/c1-13(2)23-5-6-26-18-8-16(22-11-17(18)23)7-14(3)24-12-15-9-20(24,10-15)19(25)21-4/h13-18,22H,5-12H2,1-4H3,(H,21,25). The number of amides is 1. The first-order chi connectivity index (χ1) is 12.4. The summed E-state index contributed by atoms with van der Waals surface area (Å²) < 4.78 is 6.14. The van der Waals surface area contributed by atoms with E-state index in [-0.39, 0.29) is 11.4 Å². The van der Waals surface area contributed by atoms with Gasteiger partial charge in [0.05, 0.1) is 12.7 Å². The van der Waals surface area contributed by atoms with Gasteiger partial charge in [-0.2, -0.15) is 0 Å². The molecule has 4 atom stereocenters. The average molecular weight is 365 g/mol. The Hall–Kier alpha value is -0.690. The molecule has 4 aliphatic heterocycles. The number of hydrogen-bond acceptors (Lipinski definition) is 5. The predicted molar refractivity (Wildman–Crippen MR) is 102 cm³/mol. The van der Waals surface area contributed by atoms with Crippen molar-refractivity contribution in [3.8, 4) is 0 Å². The largest absolute Gasteiger partial charge is 0.375 e. The van der Waals surface area contributed by atoms with Crippen molar-refractivity contribution in [2.24, 2.45) is 5.92 Å². The van der Waals surface area contributed by atoms with Gasteiger partial charge in [-0.25, -0.2) is 0 Å². The van der Waals surface area contributed by atoms with Gasteiger partial charge in [0.1, 0.15) is 5.54 Å². The molecule has 5 rings (SSSR count). The van der Waals surface area contributed by atoms with Crippen LogP contribution in [0.15, 0.2) is 0 Å². The molecule has 6 nitrogen and oxygen atoms in total. The number of rotatable bonds is 5. The van der Waals surface area contributed by atoms with Crippen LogP contribution in [0.2, 0.25) is 0 Å². The fourth-order valence-corrected chi connectivity index (χ4v) is 6.15. The van der Waals surface area contributed by atoms with E-state index >= 15 is 0 Å². The molecule has 6 heteroatoms. The summed E-state index contributed by atoms with van der Waals surface area (Å²) in [5.41, 5.74) is -0.216. The van der Waals surface area contributed by atoms with E-state index in [2.05, 4.69) is 41.2 Å². The maximum Gasteiger partial charge on any atom is 0.240 e. The van der Waals surface area contributed by atoms with Crippen LogP contribution in [0.4, 0.5) is 0 Å². The molecule has 26 heavy (non-hydrogen) atoms. The number of morpholine rings is 1.